The maximum atomic E-state index is 14.0. The van der Waals surface area contributed by atoms with Crippen LogP contribution >= 0.6 is 0 Å². The van der Waals surface area contributed by atoms with Gasteiger partial charge in [0.25, 0.3) is 0 Å². The van der Waals surface area contributed by atoms with Crippen LogP contribution in [0.15, 0.2) is 12.1 Å². The van der Waals surface area contributed by atoms with Gasteiger partial charge in [0.15, 0.2) is 17.7 Å². The highest BCUT2D eigenvalue weighted by atomic mass is 19.2. The van der Waals surface area contributed by atoms with Crippen molar-refractivity contribution in [3.8, 4) is 5.75 Å². The van der Waals surface area contributed by atoms with Gasteiger partial charge >= 0.3 is 5.97 Å². The first-order chi connectivity index (χ1) is 10.5. The van der Waals surface area contributed by atoms with Gasteiger partial charge in [-0.1, -0.05) is 6.07 Å². The first-order valence-electron chi connectivity index (χ1n) is 6.74. The van der Waals surface area contributed by atoms with Crippen LogP contribution in [0.2, 0.25) is 0 Å². The van der Waals surface area contributed by atoms with E-state index in [1.54, 1.807) is 6.92 Å². The zero-order chi connectivity index (χ0) is 16.4. The van der Waals surface area contributed by atoms with Crippen molar-refractivity contribution in [3.05, 3.63) is 29.3 Å². The summed E-state index contributed by atoms with van der Waals surface area (Å²) in [6, 6.07) is 2.35. The first-order valence-corrected chi connectivity index (χ1v) is 6.74. The Kier molecular flexibility index (Phi) is 4.97. The maximum Gasteiger partial charge on any atom is 0.335 e. The van der Waals surface area contributed by atoms with Crippen LogP contribution in [0.3, 0.4) is 0 Å². The van der Waals surface area contributed by atoms with Crippen molar-refractivity contribution in [2.75, 3.05) is 21.3 Å². The van der Waals surface area contributed by atoms with Crippen LogP contribution in [0.1, 0.15) is 18.4 Å². The highest BCUT2D eigenvalue weighted by molar-refractivity contribution is 5.77. The lowest BCUT2D eigenvalue weighted by Crippen LogP contribution is -2.31. The third kappa shape index (κ3) is 2.66. The normalized spacial score (nSPS) is 27.7. The van der Waals surface area contributed by atoms with Gasteiger partial charge in [-0.25, -0.2) is 9.18 Å². The molecule has 0 spiro atoms. The van der Waals surface area contributed by atoms with E-state index < -0.39 is 41.8 Å². The lowest BCUT2D eigenvalue weighted by molar-refractivity contribution is -0.153. The van der Waals surface area contributed by atoms with Crippen LogP contribution in [0.5, 0.6) is 5.75 Å². The molecule has 0 aliphatic carbocycles. The van der Waals surface area contributed by atoms with Crippen molar-refractivity contribution in [2.45, 2.75) is 31.2 Å². The molecule has 122 valence electrons. The molecule has 1 saturated heterocycles. The van der Waals surface area contributed by atoms with Crippen molar-refractivity contribution < 1.29 is 32.5 Å². The van der Waals surface area contributed by atoms with E-state index >= 15 is 0 Å². The molecule has 1 aliphatic heterocycles. The predicted octanol–water partition coefficient (Wildman–Crippen LogP) is 2.03. The molecule has 5 nitrogen and oxygen atoms in total. The van der Waals surface area contributed by atoms with Crippen LogP contribution in [0, 0.1) is 11.6 Å². The molecule has 1 aliphatic rings. The van der Waals surface area contributed by atoms with Gasteiger partial charge in [0, 0.05) is 12.7 Å². The molecule has 1 heterocycles. The second-order valence-corrected chi connectivity index (χ2v) is 4.99. The molecule has 0 aromatic heterocycles. The summed E-state index contributed by atoms with van der Waals surface area (Å²) in [6.45, 7) is 1.73. The molecule has 0 saturated carbocycles. The number of rotatable bonds is 4. The van der Waals surface area contributed by atoms with Gasteiger partial charge in [-0.3, -0.25) is 0 Å². The molecular weight excluding hydrogens is 298 g/mol. The Morgan fingerprint density at radius 2 is 1.91 bits per heavy atom. The van der Waals surface area contributed by atoms with Gasteiger partial charge in [-0.2, -0.15) is 4.39 Å². The quantitative estimate of drug-likeness (QED) is 0.796. The van der Waals surface area contributed by atoms with E-state index in [1.165, 1.54) is 27.4 Å². The van der Waals surface area contributed by atoms with Crippen LogP contribution in [0.25, 0.3) is 0 Å². The minimum absolute atomic E-state index is 0.265. The van der Waals surface area contributed by atoms with E-state index in [4.69, 9.17) is 18.9 Å². The van der Waals surface area contributed by atoms with Gasteiger partial charge in [0.05, 0.1) is 32.3 Å². The summed E-state index contributed by atoms with van der Waals surface area (Å²) in [5.74, 6) is -3.69. The van der Waals surface area contributed by atoms with Crippen LogP contribution in [0.4, 0.5) is 8.78 Å². The molecule has 0 unspecified atom stereocenters. The van der Waals surface area contributed by atoms with Gasteiger partial charge < -0.3 is 18.9 Å². The SMILES string of the molecule is COC(=O)[C@@H]1O[C@@H](C)[C@@H](OC)[C@H]1c1ccc(F)c(F)c1OC. The second kappa shape index (κ2) is 6.58. The summed E-state index contributed by atoms with van der Waals surface area (Å²) < 4.78 is 48.0. The molecule has 0 amide bonds. The standard InChI is InChI=1S/C15H18F2O5/c1-7-12(19-2)10(14(22-7)15(18)21-4)8-5-6-9(16)11(17)13(8)20-3/h5-7,10,12,14H,1-4H3/t7-,10+,12+,14+/m0/s1. The van der Waals surface area contributed by atoms with E-state index in [2.05, 4.69) is 0 Å². The summed E-state index contributed by atoms with van der Waals surface area (Å²) in [5, 5.41) is 0. The number of benzene rings is 1. The molecule has 0 bridgehead atoms. The third-order valence-corrected chi connectivity index (χ3v) is 3.85. The molecular formula is C15H18F2O5. The lowest BCUT2D eigenvalue weighted by Gasteiger charge is -2.23. The molecule has 22 heavy (non-hydrogen) atoms. The Bertz CT molecular complexity index is 563. The van der Waals surface area contributed by atoms with Gasteiger partial charge in [-0.05, 0) is 13.0 Å². The lowest BCUT2D eigenvalue weighted by atomic mass is 9.87. The van der Waals surface area contributed by atoms with E-state index in [0.717, 1.165) is 6.07 Å². The Balaban J connectivity index is 2.55. The highest BCUT2D eigenvalue weighted by Crippen LogP contribution is 2.42. The maximum absolute atomic E-state index is 14.0. The van der Waals surface area contributed by atoms with Crippen LogP contribution in [-0.4, -0.2) is 45.6 Å². The van der Waals surface area contributed by atoms with Crippen LogP contribution in [-0.2, 0) is 19.0 Å². The van der Waals surface area contributed by atoms with Crippen LogP contribution < -0.4 is 4.74 Å². The minimum atomic E-state index is -1.11. The van der Waals surface area contributed by atoms with Crippen molar-refractivity contribution in [1.29, 1.82) is 0 Å². The van der Waals surface area contributed by atoms with E-state index in [-0.39, 0.29) is 5.75 Å². The zero-order valence-corrected chi connectivity index (χ0v) is 12.8. The summed E-state index contributed by atoms with van der Waals surface area (Å²) >= 11 is 0. The zero-order valence-electron chi connectivity index (χ0n) is 12.8. The molecule has 0 N–H and O–H groups in total. The van der Waals surface area contributed by atoms with E-state index in [1.807, 2.05) is 0 Å². The van der Waals surface area contributed by atoms with E-state index in [9.17, 15) is 13.6 Å². The summed E-state index contributed by atoms with van der Waals surface area (Å²) in [4.78, 5) is 11.9. The number of carbonyl (C=O) groups excluding carboxylic acids is 1. The first kappa shape index (κ1) is 16.6. The number of ether oxygens (including phenoxy) is 4. The average Bonchev–Trinajstić information content (AvgIpc) is 2.85. The predicted molar refractivity (Wildman–Crippen MR) is 72.8 cm³/mol. The van der Waals surface area contributed by atoms with Crippen molar-refractivity contribution in [2.24, 2.45) is 0 Å². The molecule has 1 aromatic rings. The minimum Gasteiger partial charge on any atom is -0.493 e. The number of hydrogen-bond acceptors (Lipinski definition) is 5. The average molecular weight is 316 g/mol. The topological polar surface area (TPSA) is 54.0 Å². The van der Waals surface area contributed by atoms with Gasteiger partial charge in [-0.15, -0.1) is 0 Å². The number of hydrogen-bond donors (Lipinski definition) is 0. The van der Waals surface area contributed by atoms with E-state index in [0.29, 0.717) is 5.56 Å². The van der Waals surface area contributed by atoms with Crippen molar-refractivity contribution in [3.63, 3.8) is 0 Å². The molecule has 1 fully saturated rings. The monoisotopic (exact) mass is 316 g/mol. The summed E-state index contributed by atoms with van der Waals surface area (Å²) in [6.07, 6.45) is -1.93. The summed E-state index contributed by atoms with van der Waals surface area (Å²) in [5.41, 5.74) is 0.299. The Morgan fingerprint density at radius 1 is 1.23 bits per heavy atom. The summed E-state index contributed by atoms with van der Waals surface area (Å²) in [7, 11) is 3.93. The molecule has 0 radical (unpaired) electrons. The van der Waals surface area contributed by atoms with Crippen molar-refractivity contribution >= 4 is 5.97 Å². The Hall–Kier alpha value is -1.73. The largest absolute Gasteiger partial charge is 0.493 e. The number of halogens is 2. The fraction of sp³-hybridized carbons (Fsp3) is 0.533. The fourth-order valence-electron chi connectivity index (χ4n) is 2.87. The van der Waals surface area contributed by atoms with Gasteiger partial charge in [0.1, 0.15) is 0 Å². The fourth-order valence-corrected chi connectivity index (χ4v) is 2.87. The smallest absolute Gasteiger partial charge is 0.335 e. The van der Waals surface area contributed by atoms with Crippen molar-refractivity contribution in [1.82, 2.24) is 0 Å². The second-order valence-electron chi connectivity index (χ2n) is 4.99. The number of methoxy groups -OCH3 is 3. The highest BCUT2D eigenvalue weighted by Gasteiger charge is 2.49. The Labute approximate surface area is 127 Å². The number of carbonyl (C=O) groups is 1. The molecule has 4 atom stereocenters. The van der Waals surface area contributed by atoms with Gasteiger partial charge in [0.2, 0.25) is 5.82 Å². The molecule has 1 aromatic carbocycles. The molecule has 7 heteroatoms. The Morgan fingerprint density at radius 3 is 2.45 bits per heavy atom. The molecule has 2 rings (SSSR count). The third-order valence-electron chi connectivity index (χ3n) is 3.85. The number of esters is 1.